The van der Waals surface area contributed by atoms with Gasteiger partial charge in [-0.25, -0.2) is 8.78 Å². The van der Waals surface area contributed by atoms with Crippen molar-refractivity contribution < 1.29 is 18.3 Å². The number of phenols is 1. The molecule has 0 aliphatic heterocycles. The third-order valence-electron chi connectivity index (χ3n) is 1.46. The van der Waals surface area contributed by atoms with Gasteiger partial charge in [0.1, 0.15) is 0 Å². The molecule has 0 atom stereocenters. The molecule has 1 rings (SSSR count). The first kappa shape index (κ1) is 9.19. The summed E-state index contributed by atoms with van der Waals surface area (Å²) < 4.78 is 37.8. The second-order valence-corrected chi connectivity index (χ2v) is 2.61. The Labute approximate surface area is 71.4 Å². The van der Waals surface area contributed by atoms with Crippen LogP contribution < -0.4 is 0 Å². The molecule has 0 aliphatic carbocycles. The van der Waals surface area contributed by atoms with Gasteiger partial charge in [-0.05, 0) is 6.92 Å². The molecular formula is C7H4ClF3O. The molecule has 0 saturated carbocycles. The van der Waals surface area contributed by atoms with Crippen LogP contribution in [0, 0.1) is 24.4 Å². The minimum Gasteiger partial charge on any atom is -0.503 e. The van der Waals surface area contributed by atoms with Crippen LogP contribution in [0.5, 0.6) is 5.75 Å². The Hall–Kier alpha value is -0.900. The predicted molar refractivity (Wildman–Crippen MR) is 37.7 cm³/mol. The second-order valence-electron chi connectivity index (χ2n) is 2.23. The van der Waals surface area contributed by atoms with Gasteiger partial charge in [0.2, 0.25) is 5.82 Å². The van der Waals surface area contributed by atoms with E-state index in [-0.39, 0.29) is 5.56 Å². The highest BCUT2D eigenvalue weighted by atomic mass is 35.5. The van der Waals surface area contributed by atoms with Crippen molar-refractivity contribution in [3.05, 3.63) is 28.0 Å². The van der Waals surface area contributed by atoms with E-state index >= 15 is 0 Å². The molecule has 0 amide bonds. The quantitative estimate of drug-likeness (QED) is 0.633. The van der Waals surface area contributed by atoms with Crippen LogP contribution >= 0.6 is 11.6 Å². The highest BCUT2D eigenvalue weighted by Crippen LogP contribution is 2.32. The second kappa shape index (κ2) is 2.86. The maximum atomic E-state index is 12.6. The van der Waals surface area contributed by atoms with E-state index in [9.17, 15) is 13.2 Å². The smallest absolute Gasteiger partial charge is 0.203 e. The standard InChI is InChI=1S/C7H4ClF3O/c1-2-3(8)5(10)7(12)6(11)4(2)9/h12H,1H3. The number of hydrogen-bond acceptors (Lipinski definition) is 1. The molecule has 1 N–H and O–H groups in total. The van der Waals surface area contributed by atoms with Gasteiger partial charge in [-0.15, -0.1) is 0 Å². The molecule has 1 nitrogen and oxygen atoms in total. The summed E-state index contributed by atoms with van der Waals surface area (Å²) in [5, 5.41) is 8.01. The molecule has 0 spiro atoms. The molecule has 0 aliphatic rings. The van der Waals surface area contributed by atoms with Gasteiger partial charge in [-0.1, -0.05) is 11.6 Å². The van der Waals surface area contributed by atoms with Crippen molar-refractivity contribution in [1.82, 2.24) is 0 Å². The van der Waals surface area contributed by atoms with E-state index in [1.54, 1.807) is 0 Å². The molecule has 1 aromatic carbocycles. The zero-order chi connectivity index (χ0) is 9.46. The van der Waals surface area contributed by atoms with E-state index in [2.05, 4.69) is 0 Å². The SMILES string of the molecule is Cc1c(F)c(F)c(O)c(F)c1Cl. The summed E-state index contributed by atoms with van der Waals surface area (Å²) in [5.74, 6) is -5.68. The number of benzene rings is 1. The van der Waals surface area contributed by atoms with Crippen LogP contribution in [0.1, 0.15) is 5.56 Å². The van der Waals surface area contributed by atoms with Crippen molar-refractivity contribution in [1.29, 1.82) is 0 Å². The molecule has 0 radical (unpaired) electrons. The third kappa shape index (κ3) is 1.12. The van der Waals surface area contributed by atoms with Gasteiger partial charge in [0.15, 0.2) is 17.4 Å². The molecule has 1 aromatic rings. The van der Waals surface area contributed by atoms with Crippen molar-refractivity contribution in [2.24, 2.45) is 0 Å². The highest BCUT2D eigenvalue weighted by Gasteiger charge is 2.20. The van der Waals surface area contributed by atoms with Crippen molar-refractivity contribution >= 4 is 11.6 Å². The van der Waals surface area contributed by atoms with Crippen LogP contribution in [0.25, 0.3) is 0 Å². The van der Waals surface area contributed by atoms with Gasteiger partial charge in [0, 0.05) is 5.56 Å². The van der Waals surface area contributed by atoms with E-state index in [1.807, 2.05) is 0 Å². The first-order valence-corrected chi connectivity index (χ1v) is 3.36. The monoisotopic (exact) mass is 196 g/mol. The minimum absolute atomic E-state index is 0.357. The van der Waals surface area contributed by atoms with E-state index in [1.165, 1.54) is 0 Å². The predicted octanol–water partition coefficient (Wildman–Crippen LogP) is 2.77. The number of rotatable bonds is 0. The molecule has 0 heterocycles. The van der Waals surface area contributed by atoms with Crippen LogP contribution in [0.2, 0.25) is 5.02 Å². The van der Waals surface area contributed by atoms with E-state index < -0.39 is 28.2 Å². The fourth-order valence-corrected chi connectivity index (χ4v) is 0.902. The zero-order valence-electron chi connectivity index (χ0n) is 5.96. The van der Waals surface area contributed by atoms with Gasteiger partial charge in [-0.3, -0.25) is 0 Å². The normalized spacial score (nSPS) is 10.4. The molecule has 5 heteroatoms. The summed E-state index contributed by atoms with van der Waals surface area (Å²) in [4.78, 5) is 0. The lowest BCUT2D eigenvalue weighted by Crippen LogP contribution is -1.95. The molecule has 0 aromatic heterocycles. The van der Waals surface area contributed by atoms with Crippen molar-refractivity contribution in [2.75, 3.05) is 0 Å². The van der Waals surface area contributed by atoms with Crippen LogP contribution in [0.3, 0.4) is 0 Å². The molecule has 0 bridgehead atoms. The number of halogens is 4. The average molecular weight is 197 g/mol. The summed E-state index contributed by atoms with van der Waals surface area (Å²) in [6.45, 7) is 1.11. The fourth-order valence-electron chi connectivity index (χ4n) is 0.730. The summed E-state index contributed by atoms with van der Waals surface area (Å²) in [6, 6.07) is 0. The third-order valence-corrected chi connectivity index (χ3v) is 1.91. The van der Waals surface area contributed by atoms with E-state index in [0.717, 1.165) is 6.92 Å². The van der Waals surface area contributed by atoms with Crippen LogP contribution in [-0.2, 0) is 0 Å². The molecule has 0 saturated heterocycles. The topological polar surface area (TPSA) is 20.2 Å². The Morgan fingerprint density at radius 1 is 1.08 bits per heavy atom. The fraction of sp³-hybridized carbons (Fsp3) is 0.143. The maximum absolute atomic E-state index is 12.6. The van der Waals surface area contributed by atoms with Gasteiger partial charge >= 0.3 is 0 Å². The van der Waals surface area contributed by atoms with Gasteiger partial charge in [-0.2, -0.15) is 4.39 Å². The molecule has 66 valence electrons. The van der Waals surface area contributed by atoms with Crippen molar-refractivity contribution in [2.45, 2.75) is 6.92 Å². The first-order chi connectivity index (χ1) is 5.46. The molecular weight excluding hydrogens is 193 g/mol. The van der Waals surface area contributed by atoms with E-state index in [4.69, 9.17) is 16.7 Å². The lowest BCUT2D eigenvalue weighted by molar-refractivity contribution is 0.375. The number of aromatic hydroxyl groups is 1. The summed E-state index contributed by atoms with van der Waals surface area (Å²) in [6.07, 6.45) is 0. The number of phenolic OH excluding ortho intramolecular Hbond substituents is 1. The number of hydrogen-bond donors (Lipinski definition) is 1. The van der Waals surface area contributed by atoms with Crippen LogP contribution in [0.15, 0.2) is 0 Å². The molecule has 0 unspecified atom stereocenters. The highest BCUT2D eigenvalue weighted by molar-refractivity contribution is 6.31. The van der Waals surface area contributed by atoms with Gasteiger partial charge in [0.05, 0.1) is 5.02 Å². The average Bonchev–Trinajstić information content (AvgIpc) is 2.08. The van der Waals surface area contributed by atoms with Crippen molar-refractivity contribution in [3.63, 3.8) is 0 Å². The minimum atomic E-state index is -1.62. The summed E-state index contributed by atoms with van der Waals surface area (Å²) >= 11 is 5.22. The lowest BCUT2D eigenvalue weighted by Gasteiger charge is -2.04. The van der Waals surface area contributed by atoms with Crippen LogP contribution in [-0.4, -0.2) is 5.11 Å². The lowest BCUT2D eigenvalue weighted by atomic mass is 10.2. The Kier molecular flexibility index (Phi) is 2.19. The largest absolute Gasteiger partial charge is 0.503 e. The molecule has 0 fully saturated rings. The Balaban J connectivity index is 3.60. The Morgan fingerprint density at radius 3 is 2.08 bits per heavy atom. The Bertz CT molecular complexity index is 233. The zero-order valence-corrected chi connectivity index (χ0v) is 6.72. The van der Waals surface area contributed by atoms with E-state index in [0.29, 0.717) is 0 Å². The molecule has 12 heavy (non-hydrogen) atoms. The summed E-state index contributed by atoms with van der Waals surface area (Å²) in [7, 11) is 0. The first-order valence-electron chi connectivity index (χ1n) is 2.98. The van der Waals surface area contributed by atoms with Crippen molar-refractivity contribution in [3.8, 4) is 5.75 Å². The van der Waals surface area contributed by atoms with Gasteiger partial charge < -0.3 is 5.11 Å². The summed E-state index contributed by atoms with van der Waals surface area (Å²) in [5.41, 5.74) is -0.357. The van der Waals surface area contributed by atoms with Crippen LogP contribution in [0.4, 0.5) is 13.2 Å². The Morgan fingerprint density at radius 2 is 1.58 bits per heavy atom. The van der Waals surface area contributed by atoms with Gasteiger partial charge in [0.25, 0.3) is 0 Å². The maximum Gasteiger partial charge on any atom is 0.203 e.